The molecule has 0 aliphatic rings. The number of hydrogen-bond donors (Lipinski definition) is 2. The van der Waals surface area contributed by atoms with Gasteiger partial charge in [0.25, 0.3) is 0 Å². The van der Waals surface area contributed by atoms with Crippen LogP contribution in [0.25, 0.3) is 0 Å². The van der Waals surface area contributed by atoms with Gasteiger partial charge in [0.2, 0.25) is 5.91 Å². The number of rotatable bonds is 5. The number of nitrogens with zero attached hydrogens (tertiary/aromatic N) is 1. The third kappa shape index (κ3) is 3.70. The lowest BCUT2D eigenvalue weighted by Crippen LogP contribution is -2.37. The summed E-state index contributed by atoms with van der Waals surface area (Å²) < 4.78 is 0. The fraction of sp³-hybridized carbons (Fsp3) is 0.500. The SMILES string of the molecule is Cc1nc(Cl)ccc1NC(=O)CC(C)(C(=O)O)C(C)C. The molecule has 1 unspecified atom stereocenters. The van der Waals surface area contributed by atoms with Gasteiger partial charge in [0.05, 0.1) is 16.8 Å². The zero-order chi connectivity index (χ0) is 15.5. The fourth-order valence-corrected chi connectivity index (χ4v) is 1.91. The molecule has 0 fully saturated rings. The Kier molecular flexibility index (Phi) is 5.11. The molecule has 0 saturated carbocycles. The molecule has 0 bridgehead atoms. The van der Waals surface area contributed by atoms with Gasteiger partial charge in [-0.1, -0.05) is 25.4 Å². The predicted molar refractivity (Wildman–Crippen MR) is 77.8 cm³/mol. The summed E-state index contributed by atoms with van der Waals surface area (Å²) in [5, 5.41) is 12.3. The van der Waals surface area contributed by atoms with Crippen LogP contribution in [0.4, 0.5) is 5.69 Å². The lowest BCUT2D eigenvalue weighted by molar-refractivity contribution is -0.153. The number of carbonyl (C=O) groups excluding carboxylic acids is 1. The van der Waals surface area contributed by atoms with Crippen molar-refractivity contribution in [3.05, 3.63) is 23.0 Å². The molecule has 0 aliphatic carbocycles. The maximum atomic E-state index is 12.0. The van der Waals surface area contributed by atoms with Crippen molar-refractivity contribution in [2.24, 2.45) is 11.3 Å². The lowest BCUT2D eigenvalue weighted by atomic mass is 9.76. The first kappa shape index (κ1) is 16.4. The number of anilines is 1. The topological polar surface area (TPSA) is 79.3 Å². The molecule has 0 aliphatic heterocycles. The predicted octanol–water partition coefficient (Wildman–Crippen LogP) is 3.12. The average molecular weight is 299 g/mol. The molecular formula is C14H19ClN2O3. The van der Waals surface area contributed by atoms with Gasteiger partial charge in [-0.15, -0.1) is 0 Å². The molecule has 110 valence electrons. The van der Waals surface area contributed by atoms with Crippen molar-refractivity contribution < 1.29 is 14.7 Å². The van der Waals surface area contributed by atoms with Crippen molar-refractivity contribution in [1.82, 2.24) is 4.98 Å². The van der Waals surface area contributed by atoms with Crippen molar-refractivity contribution >= 4 is 29.2 Å². The molecular weight excluding hydrogens is 280 g/mol. The van der Waals surface area contributed by atoms with Gasteiger partial charge >= 0.3 is 5.97 Å². The highest BCUT2D eigenvalue weighted by molar-refractivity contribution is 6.29. The molecule has 5 nitrogen and oxygen atoms in total. The van der Waals surface area contributed by atoms with Gasteiger partial charge in [0.15, 0.2) is 0 Å². The Labute approximate surface area is 123 Å². The molecule has 0 aromatic carbocycles. The van der Waals surface area contributed by atoms with Crippen molar-refractivity contribution in [3.63, 3.8) is 0 Å². The summed E-state index contributed by atoms with van der Waals surface area (Å²) in [7, 11) is 0. The number of carbonyl (C=O) groups is 2. The van der Waals surface area contributed by atoms with E-state index in [-0.39, 0.29) is 18.2 Å². The maximum absolute atomic E-state index is 12.0. The number of aromatic nitrogens is 1. The Morgan fingerprint density at radius 3 is 2.50 bits per heavy atom. The van der Waals surface area contributed by atoms with E-state index in [4.69, 9.17) is 11.6 Å². The second kappa shape index (κ2) is 6.22. The zero-order valence-electron chi connectivity index (χ0n) is 12.0. The van der Waals surface area contributed by atoms with Gasteiger partial charge < -0.3 is 10.4 Å². The van der Waals surface area contributed by atoms with Crippen LogP contribution in [-0.2, 0) is 9.59 Å². The minimum atomic E-state index is -1.10. The molecule has 0 spiro atoms. The fourth-order valence-electron chi connectivity index (χ4n) is 1.72. The first-order valence-electron chi connectivity index (χ1n) is 6.33. The van der Waals surface area contributed by atoms with E-state index >= 15 is 0 Å². The largest absolute Gasteiger partial charge is 0.481 e. The number of halogens is 1. The van der Waals surface area contributed by atoms with E-state index in [0.717, 1.165) is 0 Å². The molecule has 1 atom stereocenters. The Morgan fingerprint density at radius 1 is 1.45 bits per heavy atom. The Hall–Kier alpha value is -1.62. The van der Waals surface area contributed by atoms with Crippen molar-refractivity contribution in [1.29, 1.82) is 0 Å². The normalized spacial score (nSPS) is 13.9. The van der Waals surface area contributed by atoms with Crippen molar-refractivity contribution in [2.45, 2.75) is 34.1 Å². The number of carboxylic acids is 1. The summed E-state index contributed by atoms with van der Waals surface area (Å²) in [6, 6.07) is 3.22. The minimum Gasteiger partial charge on any atom is -0.481 e. The van der Waals surface area contributed by atoms with Crippen LogP contribution in [0.5, 0.6) is 0 Å². The number of hydrogen-bond acceptors (Lipinski definition) is 3. The quantitative estimate of drug-likeness (QED) is 0.819. The van der Waals surface area contributed by atoms with E-state index in [1.165, 1.54) is 0 Å². The standard InChI is InChI=1S/C14H19ClN2O3/c1-8(2)14(4,13(19)20)7-12(18)17-10-5-6-11(15)16-9(10)3/h5-6,8H,7H2,1-4H3,(H,17,18)(H,19,20). The summed E-state index contributed by atoms with van der Waals surface area (Å²) in [5.74, 6) is -1.49. The summed E-state index contributed by atoms with van der Waals surface area (Å²) >= 11 is 5.74. The maximum Gasteiger partial charge on any atom is 0.310 e. The van der Waals surface area contributed by atoms with Crippen LogP contribution in [0.15, 0.2) is 12.1 Å². The van der Waals surface area contributed by atoms with Gasteiger partial charge in [-0.05, 0) is 31.9 Å². The average Bonchev–Trinajstić information content (AvgIpc) is 2.32. The van der Waals surface area contributed by atoms with Crippen LogP contribution < -0.4 is 5.32 Å². The van der Waals surface area contributed by atoms with Gasteiger partial charge in [0, 0.05) is 6.42 Å². The van der Waals surface area contributed by atoms with Crippen LogP contribution in [0, 0.1) is 18.3 Å². The lowest BCUT2D eigenvalue weighted by Gasteiger charge is -2.28. The Bertz CT molecular complexity index is 531. The summed E-state index contributed by atoms with van der Waals surface area (Å²) in [4.78, 5) is 27.4. The second-order valence-corrected chi connectivity index (χ2v) is 5.76. The number of amides is 1. The van der Waals surface area contributed by atoms with Crippen molar-refractivity contribution in [3.8, 4) is 0 Å². The molecule has 0 radical (unpaired) electrons. The van der Waals surface area contributed by atoms with Gasteiger partial charge in [-0.25, -0.2) is 4.98 Å². The first-order valence-corrected chi connectivity index (χ1v) is 6.71. The van der Waals surface area contributed by atoms with E-state index in [1.807, 2.05) is 0 Å². The number of aliphatic carboxylic acids is 1. The van der Waals surface area contributed by atoms with Gasteiger partial charge in [-0.3, -0.25) is 9.59 Å². The molecule has 1 heterocycles. The van der Waals surface area contributed by atoms with E-state index in [0.29, 0.717) is 16.5 Å². The third-order valence-corrected chi connectivity index (χ3v) is 3.83. The van der Waals surface area contributed by atoms with E-state index in [9.17, 15) is 14.7 Å². The number of aryl methyl sites for hydroxylation is 1. The highest BCUT2D eigenvalue weighted by Crippen LogP contribution is 2.32. The first-order chi connectivity index (χ1) is 9.16. The highest BCUT2D eigenvalue weighted by atomic mass is 35.5. The van der Waals surface area contributed by atoms with Crippen LogP contribution in [0.1, 0.15) is 32.9 Å². The number of carboxylic acid groups (broad SMARTS) is 1. The molecule has 1 aromatic heterocycles. The van der Waals surface area contributed by atoms with Crippen molar-refractivity contribution in [2.75, 3.05) is 5.32 Å². The van der Waals surface area contributed by atoms with Gasteiger partial charge in [0.1, 0.15) is 5.15 Å². The molecule has 1 rings (SSSR count). The second-order valence-electron chi connectivity index (χ2n) is 5.37. The van der Waals surface area contributed by atoms with Crippen LogP contribution in [0.2, 0.25) is 5.15 Å². The minimum absolute atomic E-state index is 0.0952. The van der Waals surface area contributed by atoms with Crippen LogP contribution in [-0.4, -0.2) is 22.0 Å². The molecule has 6 heteroatoms. The van der Waals surface area contributed by atoms with Gasteiger partial charge in [-0.2, -0.15) is 0 Å². The molecule has 1 aromatic rings. The number of pyridine rings is 1. The third-order valence-electron chi connectivity index (χ3n) is 3.62. The van der Waals surface area contributed by atoms with Crippen LogP contribution in [0.3, 0.4) is 0 Å². The van der Waals surface area contributed by atoms with E-state index in [2.05, 4.69) is 10.3 Å². The summed E-state index contributed by atoms with van der Waals surface area (Å²) in [5.41, 5.74) is 0.0287. The highest BCUT2D eigenvalue weighted by Gasteiger charge is 2.38. The molecule has 2 N–H and O–H groups in total. The summed E-state index contributed by atoms with van der Waals surface area (Å²) in [6.07, 6.45) is -0.0952. The van der Waals surface area contributed by atoms with E-state index in [1.54, 1.807) is 39.8 Å². The Morgan fingerprint density at radius 2 is 2.05 bits per heavy atom. The zero-order valence-corrected chi connectivity index (χ0v) is 12.8. The van der Waals surface area contributed by atoms with E-state index < -0.39 is 11.4 Å². The number of nitrogens with one attached hydrogen (secondary N) is 1. The molecule has 20 heavy (non-hydrogen) atoms. The molecule has 0 saturated heterocycles. The smallest absolute Gasteiger partial charge is 0.310 e. The summed E-state index contributed by atoms with van der Waals surface area (Å²) in [6.45, 7) is 6.87. The van der Waals surface area contributed by atoms with Crippen LogP contribution >= 0.6 is 11.6 Å². The molecule has 1 amide bonds. The Balaban J connectivity index is 2.84. The monoisotopic (exact) mass is 298 g/mol.